The van der Waals surface area contributed by atoms with Crippen molar-refractivity contribution in [1.82, 2.24) is 9.78 Å². The summed E-state index contributed by atoms with van der Waals surface area (Å²) in [6.45, 7) is 6.27. The van der Waals surface area contributed by atoms with Crippen molar-refractivity contribution in [3.8, 4) is 0 Å². The number of nitrogens with two attached hydrogens (primary N) is 1. The number of nitrogens with one attached hydrogen (secondary N) is 1. The number of nitrogen functional groups attached to an aromatic ring is 1. The molecule has 0 amide bonds. The molecule has 4 nitrogen and oxygen atoms in total. The fourth-order valence-electron chi connectivity index (χ4n) is 1.83. The summed E-state index contributed by atoms with van der Waals surface area (Å²) in [5.74, 6) is 0.474. The monoisotopic (exact) mass is 248 g/mol. The van der Waals surface area contributed by atoms with Crippen molar-refractivity contribution in [2.75, 3.05) is 11.1 Å². The molecule has 1 heterocycles. The summed E-state index contributed by atoms with van der Waals surface area (Å²) in [6, 6.07) is 4.92. The predicted molar refractivity (Wildman–Crippen MR) is 71.5 cm³/mol. The van der Waals surface area contributed by atoms with Crippen LogP contribution in [0.25, 0.3) is 0 Å². The van der Waals surface area contributed by atoms with E-state index in [9.17, 15) is 4.39 Å². The Morgan fingerprint density at radius 2 is 2.11 bits per heavy atom. The quantitative estimate of drug-likeness (QED) is 0.878. The Kier molecular flexibility index (Phi) is 3.23. The SMILES string of the molecule is CCn1nc(C)c(N)c1Nc1cccc(F)c1C. The number of hydrogen-bond acceptors (Lipinski definition) is 3. The lowest BCUT2D eigenvalue weighted by Crippen LogP contribution is -2.05. The van der Waals surface area contributed by atoms with Crippen LogP contribution in [0.2, 0.25) is 0 Å². The molecule has 0 saturated heterocycles. The van der Waals surface area contributed by atoms with Crippen LogP contribution in [-0.4, -0.2) is 9.78 Å². The molecule has 2 rings (SSSR count). The Morgan fingerprint density at radius 1 is 1.39 bits per heavy atom. The van der Waals surface area contributed by atoms with Gasteiger partial charge in [0.15, 0.2) is 5.82 Å². The molecular weight excluding hydrogens is 231 g/mol. The van der Waals surface area contributed by atoms with E-state index in [1.54, 1.807) is 17.7 Å². The van der Waals surface area contributed by atoms with E-state index in [1.165, 1.54) is 6.07 Å². The van der Waals surface area contributed by atoms with Crippen molar-refractivity contribution in [2.45, 2.75) is 27.3 Å². The Bertz CT molecular complexity index is 575. The molecule has 0 spiro atoms. The van der Waals surface area contributed by atoms with Crippen LogP contribution >= 0.6 is 0 Å². The molecule has 1 aromatic heterocycles. The Labute approximate surface area is 106 Å². The van der Waals surface area contributed by atoms with Crippen molar-refractivity contribution in [2.24, 2.45) is 0 Å². The van der Waals surface area contributed by atoms with Crippen LogP contribution in [0.4, 0.5) is 21.6 Å². The predicted octanol–water partition coefficient (Wildman–Crippen LogP) is 2.98. The summed E-state index contributed by atoms with van der Waals surface area (Å²) >= 11 is 0. The van der Waals surface area contributed by atoms with Crippen molar-refractivity contribution < 1.29 is 4.39 Å². The van der Waals surface area contributed by atoms with Crippen molar-refractivity contribution >= 4 is 17.2 Å². The highest BCUT2D eigenvalue weighted by atomic mass is 19.1. The number of benzene rings is 1. The zero-order valence-corrected chi connectivity index (χ0v) is 10.8. The lowest BCUT2D eigenvalue weighted by atomic mass is 10.2. The molecule has 1 aromatic carbocycles. The van der Waals surface area contributed by atoms with Gasteiger partial charge in [-0.15, -0.1) is 0 Å². The highest BCUT2D eigenvalue weighted by Gasteiger charge is 2.13. The van der Waals surface area contributed by atoms with Gasteiger partial charge >= 0.3 is 0 Å². The Hall–Kier alpha value is -2.04. The van der Waals surface area contributed by atoms with E-state index < -0.39 is 0 Å². The zero-order valence-electron chi connectivity index (χ0n) is 10.8. The Balaban J connectivity index is 2.43. The first-order valence-corrected chi connectivity index (χ1v) is 5.89. The number of aromatic nitrogens is 2. The Morgan fingerprint density at radius 3 is 2.78 bits per heavy atom. The van der Waals surface area contributed by atoms with Gasteiger partial charge in [-0.3, -0.25) is 0 Å². The summed E-state index contributed by atoms with van der Waals surface area (Å²) in [4.78, 5) is 0. The van der Waals surface area contributed by atoms with E-state index in [-0.39, 0.29) is 5.82 Å². The first kappa shape index (κ1) is 12.4. The van der Waals surface area contributed by atoms with Crippen molar-refractivity contribution in [3.05, 3.63) is 35.3 Å². The molecule has 18 heavy (non-hydrogen) atoms. The van der Waals surface area contributed by atoms with Crippen LogP contribution in [0.15, 0.2) is 18.2 Å². The van der Waals surface area contributed by atoms with Gasteiger partial charge < -0.3 is 11.1 Å². The molecule has 0 saturated carbocycles. The number of anilines is 3. The normalized spacial score (nSPS) is 10.7. The van der Waals surface area contributed by atoms with Crippen LogP contribution in [0.1, 0.15) is 18.2 Å². The van der Waals surface area contributed by atoms with Gasteiger partial charge in [-0.1, -0.05) is 6.07 Å². The van der Waals surface area contributed by atoms with Crippen molar-refractivity contribution in [1.29, 1.82) is 0 Å². The fraction of sp³-hybridized carbons (Fsp3) is 0.308. The van der Waals surface area contributed by atoms with Gasteiger partial charge in [0, 0.05) is 17.8 Å². The van der Waals surface area contributed by atoms with E-state index in [0.29, 0.717) is 29.3 Å². The van der Waals surface area contributed by atoms with Crippen LogP contribution in [-0.2, 0) is 6.54 Å². The van der Waals surface area contributed by atoms with E-state index in [1.807, 2.05) is 19.9 Å². The topological polar surface area (TPSA) is 55.9 Å². The molecule has 3 N–H and O–H groups in total. The maximum Gasteiger partial charge on any atom is 0.152 e. The van der Waals surface area contributed by atoms with Gasteiger partial charge in [0.1, 0.15) is 5.82 Å². The summed E-state index contributed by atoms with van der Waals surface area (Å²) in [5, 5.41) is 7.47. The summed E-state index contributed by atoms with van der Waals surface area (Å²) in [6.07, 6.45) is 0. The van der Waals surface area contributed by atoms with Gasteiger partial charge in [0.25, 0.3) is 0 Å². The maximum absolute atomic E-state index is 13.5. The second-order valence-corrected chi connectivity index (χ2v) is 4.20. The molecule has 96 valence electrons. The largest absolute Gasteiger partial charge is 0.394 e. The molecule has 0 aliphatic carbocycles. The molecule has 0 unspecified atom stereocenters. The number of hydrogen-bond donors (Lipinski definition) is 2. The first-order valence-electron chi connectivity index (χ1n) is 5.89. The third-order valence-electron chi connectivity index (χ3n) is 2.99. The number of rotatable bonds is 3. The molecule has 0 atom stereocenters. The second-order valence-electron chi connectivity index (χ2n) is 4.20. The smallest absolute Gasteiger partial charge is 0.152 e. The minimum atomic E-state index is -0.238. The third-order valence-corrected chi connectivity index (χ3v) is 2.99. The lowest BCUT2D eigenvalue weighted by molar-refractivity contribution is 0.619. The van der Waals surface area contributed by atoms with Gasteiger partial charge in [0.2, 0.25) is 0 Å². The van der Waals surface area contributed by atoms with E-state index >= 15 is 0 Å². The van der Waals surface area contributed by atoms with E-state index in [4.69, 9.17) is 5.73 Å². The number of halogens is 1. The fourth-order valence-corrected chi connectivity index (χ4v) is 1.83. The standard InChI is InChI=1S/C13H17FN4/c1-4-18-13(12(15)9(3)17-18)16-11-7-5-6-10(14)8(11)2/h5-7,16H,4,15H2,1-3H3. The van der Waals surface area contributed by atoms with Crippen LogP contribution in [0.3, 0.4) is 0 Å². The molecule has 2 aromatic rings. The van der Waals surface area contributed by atoms with E-state index in [2.05, 4.69) is 10.4 Å². The summed E-state index contributed by atoms with van der Waals surface area (Å²) < 4.78 is 15.2. The minimum absolute atomic E-state index is 0.238. The molecular formula is C13H17FN4. The highest BCUT2D eigenvalue weighted by molar-refractivity contribution is 5.72. The molecule has 0 bridgehead atoms. The third kappa shape index (κ3) is 2.03. The molecule has 0 radical (unpaired) electrons. The lowest BCUT2D eigenvalue weighted by Gasteiger charge is -2.12. The second kappa shape index (κ2) is 4.68. The average Bonchev–Trinajstić information content (AvgIpc) is 2.62. The molecule has 0 aliphatic heterocycles. The molecule has 0 aliphatic rings. The van der Waals surface area contributed by atoms with Gasteiger partial charge in [-0.25, -0.2) is 9.07 Å². The molecule has 5 heteroatoms. The van der Waals surface area contributed by atoms with Crippen LogP contribution in [0.5, 0.6) is 0 Å². The van der Waals surface area contributed by atoms with Gasteiger partial charge in [-0.2, -0.15) is 5.10 Å². The van der Waals surface area contributed by atoms with Gasteiger partial charge in [0.05, 0.1) is 11.4 Å². The number of aryl methyl sites for hydroxylation is 2. The molecule has 0 fully saturated rings. The minimum Gasteiger partial charge on any atom is -0.394 e. The van der Waals surface area contributed by atoms with Crippen LogP contribution in [0, 0.1) is 19.7 Å². The first-order chi connectivity index (χ1) is 8.54. The number of nitrogens with zero attached hydrogens (tertiary/aromatic N) is 2. The van der Waals surface area contributed by atoms with Gasteiger partial charge in [-0.05, 0) is 32.9 Å². The summed E-state index contributed by atoms with van der Waals surface area (Å²) in [7, 11) is 0. The van der Waals surface area contributed by atoms with Crippen LogP contribution < -0.4 is 11.1 Å². The summed E-state index contributed by atoms with van der Waals surface area (Å²) in [5.41, 5.74) is 8.62. The maximum atomic E-state index is 13.5. The highest BCUT2D eigenvalue weighted by Crippen LogP contribution is 2.28. The average molecular weight is 248 g/mol. The zero-order chi connectivity index (χ0) is 13.3. The van der Waals surface area contributed by atoms with E-state index in [0.717, 1.165) is 5.69 Å². The van der Waals surface area contributed by atoms with Crippen molar-refractivity contribution in [3.63, 3.8) is 0 Å².